The number of esters is 1. The standard InChI is InChI=1S/C25H27N3O6S/c1-7-33-24(30)21-14(2)26-25-28(22(21)17-12-15(31-5)8-10-18(17)32-6)23(29)19(35-25)13-16-9-11-20(34-16)27(3)4/h8-13,22H,7H2,1-6H3/b19-13-/t22-/m0/s1. The molecule has 0 bridgehead atoms. The molecule has 1 aliphatic rings. The highest BCUT2D eigenvalue weighted by atomic mass is 32.1. The van der Waals surface area contributed by atoms with Gasteiger partial charge in [0.2, 0.25) is 0 Å². The molecular weight excluding hydrogens is 470 g/mol. The zero-order valence-corrected chi connectivity index (χ0v) is 21.3. The van der Waals surface area contributed by atoms with Crippen molar-refractivity contribution in [2.24, 2.45) is 4.99 Å². The molecule has 35 heavy (non-hydrogen) atoms. The smallest absolute Gasteiger partial charge is 0.338 e. The number of carbonyl (C=O) groups excluding carboxylic acids is 1. The molecule has 0 N–H and O–H groups in total. The summed E-state index contributed by atoms with van der Waals surface area (Å²) in [6.07, 6.45) is 1.68. The van der Waals surface area contributed by atoms with E-state index < -0.39 is 12.0 Å². The Bertz CT molecular complexity index is 1480. The predicted molar refractivity (Wildman–Crippen MR) is 133 cm³/mol. The summed E-state index contributed by atoms with van der Waals surface area (Å²) in [5.74, 6) is 1.73. The SMILES string of the molecule is CCOC(=O)C1=C(C)N=c2s/c(=C\c3ccc(N(C)C)o3)c(=O)n2[C@H]1c1cc(OC)ccc1OC. The van der Waals surface area contributed by atoms with Gasteiger partial charge in [-0.1, -0.05) is 11.3 Å². The number of carbonyl (C=O) groups is 1. The summed E-state index contributed by atoms with van der Waals surface area (Å²) >= 11 is 1.22. The molecule has 0 saturated heterocycles. The summed E-state index contributed by atoms with van der Waals surface area (Å²) in [5, 5.41) is 0. The van der Waals surface area contributed by atoms with Crippen molar-refractivity contribution in [1.29, 1.82) is 0 Å². The molecule has 184 valence electrons. The third-order valence-corrected chi connectivity index (χ3v) is 6.56. The van der Waals surface area contributed by atoms with Gasteiger partial charge in [0.15, 0.2) is 10.7 Å². The lowest BCUT2D eigenvalue weighted by atomic mass is 9.95. The van der Waals surface area contributed by atoms with Crippen molar-refractivity contribution in [3.63, 3.8) is 0 Å². The number of hydrogen-bond donors (Lipinski definition) is 0. The van der Waals surface area contributed by atoms with Crippen molar-refractivity contribution < 1.29 is 23.4 Å². The second-order valence-corrected chi connectivity index (χ2v) is 8.99. The molecule has 0 unspecified atom stereocenters. The number of aromatic nitrogens is 1. The molecule has 0 amide bonds. The first-order valence-electron chi connectivity index (χ1n) is 11.0. The Hall–Kier alpha value is -3.79. The van der Waals surface area contributed by atoms with Crippen molar-refractivity contribution in [3.05, 3.63) is 72.6 Å². The fraction of sp³-hybridized carbons (Fsp3) is 0.320. The lowest BCUT2D eigenvalue weighted by Crippen LogP contribution is -2.40. The average molecular weight is 498 g/mol. The summed E-state index contributed by atoms with van der Waals surface area (Å²) in [4.78, 5) is 33.7. The molecule has 0 spiro atoms. The highest BCUT2D eigenvalue weighted by molar-refractivity contribution is 7.07. The maximum Gasteiger partial charge on any atom is 0.338 e. The highest BCUT2D eigenvalue weighted by Gasteiger charge is 2.35. The number of hydrogen-bond acceptors (Lipinski definition) is 9. The maximum atomic E-state index is 13.7. The van der Waals surface area contributed by atoms with Gasteiger partial charge in [-0.3, -0.25) is 9.36 Å². The van der Waals surface area contributed by atoms with Crippen molar-refractivity contribution in [2.45, 2.75) is 19.9 Å². The lowest BCUT2D eigenvalue weighted by Gasteiger charge is -2.26. The number of ether oxygens (including phenoxy) is 3. The summed E-state index contributed by atoms with van der Waals surface area (Å²) in [6.45, 7) is 3.66. The third kappa shape index (κ3) is 4.49. The zero-order chi connectivity index (χ0) is 25.3. The molecule has 4 rings (SSSR count). The van der Waals surface area contributed by atoms with E-state index in [-0.39, 0.29) is 17.7 Å². The van der Waals surface area contributed by atoms with Gasteiger partial charge in [-0.05, 0) is 38.1 Å². The number of allylic oxidation sites excluding steroid dienone is 1. The summed E-state index contributed by atoms with van der Waals surface area (Å²) in [7, 11) is 6.83. The molecule has 3 aromatic rings. The van der Waals surface area contributed by atoms with Crippen LogP contribution < -0.4 is 29.3 Å². The van der Waals surface area contributed by atoms with Gasteiger partial charge in [-0.15, -0.1) is 0 Å². The summed E-state index contributed by atoms with van der Waals surface area (Å²) < 4.78 is 24.1. The third-order valence-electron chi connectivity index (χ3n) is 5.58. The van der Waals surface area contributed by atoms with Crippen molar-refractivity contribution in [1.82, 2.24) is 4.57 Å². The van der Waals surface area contributed by atoms with E-state index in [4.69, 9.17) is 18.6 Å². The van der Waals surface area contributed by atoms with Crippen molar-refractivity contribution >= 4 is 29.3 Å². The van der Waals surface area contributed by atoms with Gasteiger partial charge in [-0.25, -0.2) is 9.79 Å². The van der Waals surface area contributed by atoms with Gasteiger partial charge in [0, 0.05) is 31.8 Å². The first-order chi connectivity index (χ1) is 16.8. The van der Waals surface area contributed by atoms with Gasteiger partial charge in [-0.2, -0.15) is 0 Å². The average Bonchev–Trinajstić information content (AvgIpc) is 3.42. The number of benzene rings is 1. The Morgan fingerprint density at radius 2 is 2.00 bits per heavy atom. The van der Waals surface area contributed by atoms with Crippen LogP contribution >= 0.6 is 11.3 Å². The van der Waals surface area contributed by atoms with Crippen LogP contribution in [0.5, 0.6) is 11.5 Å². The second kappa shape index (κ2) is 9.83. The summed E-state index contributed by atoms with van der Waals surface area (Å²) in [6, 6.07) is 8.07. The monoisotopic (exact) mass is 497 g/mol. The molecule has 1 atom stereocenters. The first kappa shape index (κ1) is 24.3. The highest BCUT2D eigenvalue weighted by Crippen LogP contribution is 2.37. The van der Waals surface area contributed by atoms with Gasteiger partial charge in [0.25, 0.3) is 5.56 Å². The van der Waals surface area contributed by atoms with Crippen LogP contribution in [0.3, 0.4) is 0 Å². The number of thiazole rings is 1. The van der Waals surface area contributed by atoms with Crippen LogP contribution in [-0.2, 0) is 9.53 Å². The maximum absolute atomic E-state index is 13.7. The molecule has 1 aromatic carbocycles. The number of furan rings is 1. The lowest BCUT2D eigenvalue weighted by molar-refractivity contribution is -0.139. The van der Waals surface area contributed by atoms with E-state index in [0.29, 0.717) is 43.7 Å². The molecule has 0 radical (unpaired) electrons. The predicted octanol–water partition coefficient (Wildman–Crippen LogP) is 2.47. The largest absolute Gasteiger partial charge is 0.497 e. The topological polar surface area (TPSA) is 95.5 Å². The zero-order valence-electron chi connectivity index (χ0n) is 20.4. The molecular formula is C25H27N3O6S. The van der Waals surface area contributed by atoms with Crippen LogP contribution in [0.4, 0.5) is 5.88 Å². The van der Waals surface area contributed by atoms with Crippen LogP contribution in [0.1, 0.15) is 31.2 Å². The van der Waals surface area contributed by atoms with Gasteiger partial charge in [0.05, 0.1) is 36.6 Å². The van der Waals surface area contributed by atoms with Crippen LogP contribution in [0.2, 0.25) is 0 Å². The minimum Gasteiger partial charge on any atom is -0.497 e. The second-order valence-electron chi connectivity index (χ2n) is 7.98. The number of fused-ring (bicyclic) bond motifs is 1. The van der Waals surface area contributed by atoms with E-state index in [9.17, 15) is 9.59 Å². The van der Waals surface area contributed by atoms with Crippen molar-refractivity contribution in [3.8, 4) is 11.5 Å². The van der Waals surface area contributed by atoms with E-state index in [0.717, 1.165) is 0 Å². The van der Waals surface area contributed by atoms with E-state index in [1.54, 1.807) is 51.3 Å². The van der Waals surface area contributed by atoms with Crippen LogP contribution in [0.15, 0.2) is 55.8 Å². The Morgan fingerprint density at radius 1 is 1.23 bits per heavy atom. The Kier molecular flexibility index (Phi) is 6.83. The van der Waals surface area contributed by atoms with Gasteiger partial charge >= 0.3 is 5.97 Å². The van der Waals surface area contributed by atoms with Crippen LogP contribution in [0.25, 0.3) is 6.08 Å². The quantitative estimate of drug-likeness (QED) is 0.463. The fourth-order valence-corrected chi connectivity index (χ4v) is 4.95. The van der Waals surface area contributed by atoms with E-state index >= 15 is 0 Å². The molecule has 0 fully saturated rings. The molecule has 2 aromatic heterocycles. The Labute approximate surface area is 206 Å². The van der Waals surface area contributed by atoms with E-state index in [1.807, 2.05) is 25.1 Å². The minimum absolute atomic E-state index is 0.189. The Morgan fingerprint density at radius 3 is 2.63 bits per heavy atom. The van der Waals surface area contributed by atoms with Crippen molar-refractivity contribution in [2.75, 3.05) is 39.8 Å². The van der Waals surface area contributed by atoms with Gasteiger partial charge in [0.1, 0.15) is 23.3 Å². The van der Waals surface area contributed by atoms with E-state index in [2.05, 4.69) is 4.99 Å². The normalized spacial score (nSPS) is 15.5. The number of anilines is 1. The number of rotatable bonds is 7. The fourth-order valence-electron chi connectivity index (χ4n) is 3.93. The number of methoxy groups -OCH3 is 2. The molecule has 0 saturated carbocycles. The number of nitrogens with zero attached hydrogens (tertiary/aromatic N) is 3. The first-order valence-corrected chi connectivity index (χ1v) is 11.8. The molecule has 1 aliphatic heterocycles. The molecule has 9 nitrogen and oxygen atoms in total. The molecule has 3 heterocycles. The van der Waals surface area contributed by atoms with E-state index in [1.165, 1.54) is 23.0 Å². The minimum atomic E-state index is -0.813. The van der Waals surface area contributed by atoms with Crippen LogP contribution in [0, 0.1) is 0 Å². The Balaban J connectivity index is 1.98. The van der Waals surface area contributed by atoms with Crippen LogP contribution in [-0.4, -0.2) is 45.5 Å². The van der Waals surface area contributed by atoms with Gasteiger partial charge < -0.3 is 23.5 Å². The molecule has 0 aliphatic carbocycles. The summed E-state index contributed by atoms with van der Waals surface area (Å²) in [5.41, 5.74) is 1.02. The molecule has 10 heteroatoms.